The first-order chi connectivity index (χ1) is 6.79. The third-order valence-electron chi connectivity index (χ3n) is 1.39. The Morgan fingerprint density at radius 3 is 1.27 bits per heavy atom. The second-order valence-corrected chi connectivity index (χ2v) is 2.50. The Hall–Kier alpha value is -0.856. The number of phenolic OH excluding ortho intramolecular Hbond substituents is 2. The van der Waals surface area contributed by atoms with Gasteiger partial charge in [-0.15, -0.1) is 24.3 Å². The van der Waals surface area contributed by atoms with E-state index in [4.69, 9.17) is 10.2 Å². The first-order valence-electron chi connectivity index (χ1n) is 4.10. The molecule has 2 rings (SSSR count). The molecule has 0 saturated carbocycles. The summed E-state index contributed by atoms with van der Waals surface area (Å²) in [6, 6.07) is 18.8. The smallest absolute Gasteiger partial charge is 0.00397 e. The van der Waals surface area contributed by atoms with E-state index in [0.29, 0.717) is 0 Å². The molecule has 0 aromatic heterocycles. The van der Waals surface area contributed by atoms with E-state index in [1.54, 1.807) is 48.5 Å². The first kappa shape index (κ1) is 14.1. The van der Waals surface area contributed by atoms with Gasteiger partial charge in [0, 0.05) is 44.2 Å². The molecule has 0 amide bonds. The quantitative estimate of drug-likeness (QED) is 0.725. The zero-order valence-corrected chi connectivity index (χ0v) is 10.9. The van der Waals surface area contributed by atoms with Gasteiger partial charge in [-0.1, -0.05) is 0 Å². The van der Waals surface area contributed by atoms with Gasteiger partial charge >= 0.3 is 0 Å². The van der Waals surface area contributed by atoms with Crippen molar-refractivity contribution in [3.05, 3.63) is 60.7 Å². The molecule has 15 heavy (non-hydrogen) atoms. The Morgan fingerprint density at radius 1 is 0.733 bits per heavy atom. The molecule has 0 atom stereocenters. The molecule has 2 N–H and O–H groups in total. The van der Waals surface area contributed by atoms with Crippen molar-refractivity contribution < 1.29 is 42.9 Å². The van der Waals surface area contributed by atoms with Crippen molar-refractivity contribution >= 4 is 0 Å². The fourth-order valence-electron chi connectivity index (χ4n) is 0.768. The van der Waals surface area contributed by atoms with E-state index >= 15 is 0 Å². The fourth-order valence-corrected chi connectivity index (χ4v) is 0.768. The molecular weight excluding hydrogens is 265 g/mol. The van der Waals surface area contributed by atoms with Crippen molar-refractivity contribution in [1.82, 2.24) is 0 Å². The van der Waals surface area contributed by atoms with Gasteiger partial charge in [0.25, 0.3) is 0 Å². The van der Waals surface area contributed by atoms with E-state index in [0.717, 1.165) is 0 Å². The van der Waals surface area contributed by atoms with E-state index in [9.17, 15) is 0 Å². The molecule has 0 aliphatic carbocycles. The van der Waals surface area contributed by atoms with Crippen LogP contribution < -0.4 is 0 Å². The van der Waals surface area contributed by atoms with Crippen LogP contribution in [0.2, 0.25) is 0 Å². The maximum absolute atomic E-state index is 8.58. The van der Waals surface area contributed by atoms with Crippen molar-refractivity contribution in [2.24, 2.45) is 0 Å². The number of hydrogen-bond donors (Lipinski definition) is 2. The van der Waals surface area contributed by atoms with Crippen LogP contribution in [0.1, 0.15) is 0 Å². The van der Waals surface area contributed by atoms with Crippen LogP contribution >= 0.6 is 0 Å². The summed E-state index contributed by atoms with van der Waals surface area (Å²) in [6.45, 7) is 0. The number of hydrogen-bond acceptors (Lipinski definition) is 2. The van der Waals surface area contributed by atoms with Crippen molar-refractivity contribution in [2.75, 3.05) is 0 Å². The molecule has 0 fully saturated rings. The van der Waals surface area contributed by atoms with Gasteiger partial charge in [-0.3, -0.25) is 0 Å². The summed E-state index contributed by atoms with van der Waals surface area (Å²) in [5, 5.41) is 17.2. The van der Waals surface area contributed by atoms with Gasteiger partial charge in [0.2, 0.25) is 0 Å². The van der Waals surface area contributed by atoms with Crippen LogP contribution in [0, 0.1) is 12.1 Å². The van der Waals surface area contributed by atoms with E-state index in [1.807, 2.05) is 0 Å². The Morgan fingerprint density at radius 2 is 1.13 bits per heavy atom. The summed E-state index contributed by atoms with van der Waals surface area (Å²) < 4.78 is 0. The van der Waals surface area contributed by atoms with Crippen LogP contribution in [0.15, 0.2) is 48.5 Å². The summed E-state index contributed by atoms with van der Waals surface area (Å²) in [6.07, 6.45) is 0. The third-order valence-corrected chi connectivity index (χ3v) is 1.39. The molecule has 0 spiro atoms. The Bertz CT molecular complexity index is 311. The molecule has 2 aromatic carbocycles. The molecule has 2 aromatic rings. The minimum absolute atomic E-state index is 0. The average Bonchev–Trinajstić information content (AvgIpc) is 2.21. The molecule has 3 heteroatoms. The number of phenols is 2. The molecule has 0 unspecified atom stereocenters. The van der Waals surface area contributed by atoms with Gasteiger partial charge in [-0.2, -0.15) is 36.4 Å². The molecule has 0 saturated heterocycles. The van der Waals surface area contributed by atoms with Crippen molar-refractivity contribution in [3.8, 4) is 11.5 Å². The maximum Gasteiger partial charge on any atom is 0.00397 e. The van der Waals surface area contributed by atoms with Crippen molar-refractivity contribution in [3.63, 3.8) is 0 Å². The summed E-state index contributed by atoms with van der Waals surface area (Å²) in [7, 11) is 0. The van der Waals surface area contributed by atoms with Crippen molar-refractivity contribution in [2.45, 2.75) is 0 Å². The van der Waals surface area contributed by atoms with Gasteiger partial charge in [0.1, 0.15) is 0 Å². The summed E-state index contributed by atoms with van der Waals surface area (Å²) >= 11 is 0. The number of rotatable bonds is 0. The summed E-state index contributed by atoms with van der Waals surface area (Å²) in [4.78, 5) is 0. The molecular formula is C12H10O2Y-2. The maximum atomic E-state index is 8.58. The van der Waals surface area contributed by atoms with Crippen LogP contribution in [-0.2, 0) is 32.7 Å². The summed E-state index contributed by atoms with van der Waals surface area (Å²) in [5.74, 6) is 0.394. The van der Waals surface area contributed by atoms with Gasteiger partial charge < -0.3 is 10.2 Å². The first-order valence-corrected chi connectivity index (χ1v) is 4.10. The number of benzene rings is 2. The van der Waals surface area contributed by atoms with Crippen LogP contribution in [0.25, 0.3) is 0 Å². The molecule has 0 bridgehead atoms. The number of para-hydroxylation sites is 2. The van der Waals surface area contributed by atoms with E-state index in [1.165, 1.54) is 0 Å². The molecule has 2 nitrogen and oxygen atoms in total. The third kappa shape index (κ3) is 7.12. The topological polar surface area (TPSA) is 40.5 Å². The Labute approximate surface area is 114 Å². The van der Waals surface area contributed by atoms with E-state index in [-0.39, 0.29) is 44.2 Å². The van der Waals surface area contributed by atoms with Crippen LogP contribution in [-0.4, -0.2) is 10.2 Å². The largest absolute Gasteiger partial charge is 0.534 e. The molecule has 75 valence electrons. The Kier molecular flexibility index (Phi) is 7.97. The normalized spacial score (nSPS) is 8.00. The second kappa shape index (κ2) is 8.45. The van der Waals surface area contributed by atoms with Gasteiger partial charge in [0.15, 0.2) is 0 Å². The fraction of sp³-hybridized carbons (Fsp3) is 0. The van der Waals surface area contributed by atoms with E-state index in [2.05, 4.69) is 12.1 Å². The minimum atomic E-state index is 0. The minimum Gasteiger partial charge on any atom is -0.534 e. The monoisotopic (exact) mass is 275 g/mol. The zero-order valence-electron chi connectivity index (χ0n) is 8.09. The zero-order chi connectivity index (χ0) is 10.2. The standard InChI is InChI=1S/2C6H5O.Y/c2*7-6-4-2-1-3-5-6;/h2*1-4,7H;/q2*-1;. The van der Waals surface area contributed by atoms with Crippen molar-refractivity contribution in [1.29, 1.82) is 0 Å². The van der Waals surface area contributed by atoms with Crippen LogP contribution in [0.5, 0.6) is 11.5 Å². The van der Waals surface area contributed by atoms with Crippen LogP contribution in [0.4, 0.5) is 0 Å². The Balaban J connectivity index is 0.000000245. The predicted molar refractivity (Wildman–Crippen MR) is 53.9 cm³/mol. The van der Waals surface area contributed by atoms with Gasteiger partial charge in [-0.05, 0) is 0 Å². The van der Waals surface area contributed by atoms with Crippen LogP contribution in [0.3, 0.4) is 0 Å². The molecule has 0 aliphatic heterocycles. The average molecular weight is 275 g/mol. The van der Waals surface area contributed by atoms with E-state index < -0.39 is 0 Å². The SMILES string of the molecule is Oc1[c-]cccc1.Oc1[c-]cccc1.[Y]. The number of aromatic hydroxyl groups is 2. The second-order valence-electron chi connectivity index (χ2n) is 2.50. The molecule has 1 radical (unpaired) electrons. The van der Waals surface area contributed by atoms with Gasteiger partial charge in [-0.25, -0.2) is 0 Å². The predicted octanol–water partition coefficient (Wildman–Crippen LogP) is 2.38. The molecule has 0 heterocycles. The van der Waals surface area contributed by atoms with Gasteiger partial charge in [0.05, 0.1) is 0 Å². The summed E-state index contributed by atoms with van der Waals surface area (Å²) in [5.41, 5.74) is 0. The molecule has 0 aliphatic rings.